The molecule has 0 amide bonds. The van der Waals surface area contributed by atoms with Crippen LogP contribution in [0.5, 0.6) is 0 Å². The molecule has 0 radical (unpaired) electrons. The summed E-state index contributed by atoms with van der Waals surface area (Å²) in [6.45, 7) is 3.81. The van der Waals surface area contributed by atoms with E-state index in [0.717, 1.165) is 18.5 Å². The number of benzene rings is 2. The zero-order valence-corrected chi connectivity index (χ0v) is 15.6. The Balaban J connectivity index is 1.54. The van der Waals surface area contributed by atoms with Gasteiger partial charge in [0, 0.05) is 26.1 Å². The predicted octanol–water partition coefficient (Wildman–Crippen LogP) is 4.03. The Bertz CT molecular complexity index is 909. The highest BCUT2D eigenvalue weighted by molar-refractivity contribution is 5.72. The highest BCUT2D eigenvalue weighted by atomic mass is 19.1. The molecule has 6 heteroatoms. The van der Waals surface area contributed by atoms with E-state index in [1.54, 1.807) is 12.1 Å². The van der Waals surface area contributed by atoms with Gasteiger partial charge in [-0.25, -0.2) is 4.39 Å². The van der Waals surface area contributed by atoms with Crippen LogP contribution in [0.4, 0.5) is 15.8 Å². The smallest absolute Gasteiger partial charge is 0.246 e. The molecular weight excluding hydrogens is 343 g/mol. The summed E-state index contributed by atoms with van der Waals surface area (Å²) < 4.78 is 18.6. The molecule has 0 N–H and O–H groups in total. The molecule has 0 saturated carbocycles. The van der Waals surface area contributed by atoms with E-state index in [-0.39, 0.29) is 5.82 Å². The van der Waals surface area contributed by atoms with Gasteiger partial charge in [-0.05, 0) is 43.2 Å². The first-order valence-corrected chi connectivity index (χ1v) is 9.23. The molecule has 1 atom stereocenters. The number of aromatic nitrogens is 2. The van der Waals surface area contributed by atoms with E-state index >= 15 is 0 Å². The fraction of sp³-hybridized carbons (Fsp3) is 0.333. The molecule has 5 nitrogen and oxygen atoms in total. The third kappa shape index (κ3) is 3.79. The van der Waals surface area contributed by atoms with Crippen LogP contribution in [-0.2, 0) is 13.0 Å². The molecule has 0 saturated heterocycles. The Morgan fingerprint density at radius 1 is 1.11 bits per heavy atom. The van der Waals surface area contributed by atoms with Crippen molar-refractivity contribution in [3.8, 4) is 0 Å². The molecule has 2 aromatic carbocycles. The van der Waals surface area contributed by atoms with E-state index in [9.17, 15) is 4.39 Å². The minimum Gasteiger partial charge on any atom is -0.373 e. The Hall–Kier alpha value is -2.89. The van der Waals surface area contributed by atoms with Crippen molar-refractivity contribution in [1.82, 2.24) is 10.1 Å². The van der Waals surface area contributed by atoms with E-state index in [4.69, 9.17) is 4.52 Å². The molecule has 0 aliphatic carbocycles. The minimum absolute atomic E-state index is 0.244. The maximum atomic E-state index is 13.0. The first-order chi connectivity index (χ1) is 13.1. The van der Waals surface area contributed by atoms with Crippen molar-refractivity contribution in [3.05, 3.63) is 71.6 Å². The lowest BCUT2D eigenvalue weighted by atomic mass is 10.1. The van der Waals surface area contributed by atoms with Crippen LogP contribution in [0.3, 0.4) is 0 Å². The second-order valence-corrected chi connectivity index (χ2v) is 7.08. The lowest BCUT2D eigenvalue weighted by molar-refractivity contribution is 0.367. The molecule has 140 valence electrons. The topological polar surface area (TPSA) is 45.4 Å². The quantitative estimate of drug-likeness (QED) is 0.697. The van der Waals surface area contributed by atoms with Crippen molar-refractivity contribution in [2.24, 2.45) is 0 Å². The number of hydrogen-bond acceptors (Lipinski definition) is 5. The summed E-state index contributed by atoms with van der Waals surface area (Å²) in [5.41, 5.74) is 3.36. The van der Waals surface area contributed by atoms with E-state index in [1.807, 2.05) is 0 Å². The summed E-state index contributed by atoms with van der Waals surface area (Å²) in [6, 6.07) is 15.2. The van der Waals surface area contributed by atoms with Crippen LogP contribution in [-0.4, -0.2) is 29.8 Å². The molecule has 0 bridgehead atoms. The molecule has 27 heavy (non-hydrogen) atoms. The van der Waals surface area contributed by atoms with Crippen LogP contribution >= 0.6 is 0 Å². The van der Waals surface area contributed by atoms with E-state index < -0.39 is 0 Å². The van der Waals surface area contributed by atoms with Crippen molar-refractivity contribution in [2.45, 2.75) is 32.4 Å². The van der Waals surface area contributed by atoms with Crippen molar-refractivity contribution in [1.29, 1.82) is 0 Å². The average molecular weight is 366 g/mol. The van der Waals surface area contributed by atoms with E-state index in [2.05, 4.69) is 58.2 Å². The molecule has 1 aliphatic rings. The van der Waals surface area contributed by atoms with Gasteiger partial charge in [0.15, 0.2) is 5.82 Å². The van der Waals surface area contributed by atoms with Crippen molar-refractivity contribution in [2.75, 3.05) is 23.4 Å². The molecule has 2 heterocycles. The normalized spacial score (nSPS) is 16.9. The van der Waals surface area contributed by atoms with Gasteiger partial charge in [-0.3, -0.25) is 0 Å². The standard InChI is InChI=1S/C21H23FN4O/c1-15-11-12-25(2)18-5-3-4-6-19(18)26(15)14-21-23-20(24-27-21)13-16-7-9-17(22)10-8-16/h3-10,15H,11-14H2,1-2H3/t15-/m0/s1. The Morgan fingerprint density at radius 3 is 2.63 bits per heavy atom. The second-order valence-electron chi connectivity index (χ2n) is 7.08. The van der Waals surface area contributed by atoms with Crippen LogP contribution in [0, 0.1) is 5.82 Å². The first-order valence-electron chi connectivity index (χ1n) is 9.23. The summed E-state index contributed by atoms with van der Waals surface area (Å²) >= 11 is 0. The Kier molecular flexibility index (Phi) is 4.79. The van der Waals surface area contributed by atoms with Gasteiger partial charge < -0.3 is 14.3 Å². The van der Waals surface area contributed by atoms with Gasteiger partial charge >= 0.3 is 0 Å². The highest BCUT2D eigenvalue weighted by Gasteiger charge is 2.25. The third-order valence-corrected chi connectivity index (χ3v) is 5.11. The number of halogens is 1. The number of anilines is 2. The van der Waals surface area contributed by atoms with Gasteiger partial charge in [0.05, 0.1) is 17.9 Å². The summed E-state index contributed by atoms with van der Waals surface area (Å²) in [7, 11) is 2.13. The van der Waals surface area contributed by atoms with Crippen LogP contribution < -0.4 is 9.80 Å². The molecule has 1 aromatic heterocycles. The van der Waals surface area contributed by atoms with Gasteiger partial charge in [-0.15, -0.1) is 0 Å². The molecule has 0 fully saturated rings. The van der Waals surface area contributed by atoms with Gasteiger partial charge in [0.2, 0.25) is 5.89 Å². The molecule has 0 spiro atoms. The second kappa shape index (κ2) is 7.39. The predicted molar refractivity (Wildman–Crippen MR) is 103 cm³/mol. The lowest BCUT2D eigenvalue weighted by Gasteiger charge is -2.29. The SMILES string of the molecule is C[C@H]1CCN(C)c2ccccc2N1Cc1nc(Cc2ccc(F)cc2)no1. The van der Waals surface area contributed by atoms with Gasteiger partial charge in [-0.2, -0.15) is 4.98 Å². The fourth-order valence-corrected chi connectivity index (χ4v) is 3.52. The van der Waals surface area contributed by atoms with E-state index in [1.165, 1.54) is 23.5 Å². The van der Waals surface area contributed by atoms with Crippen LogP contribution in [0.1, 0.15) is 30.6 Å². The number of fused-ring (bicyclic) bond motifs is 1. The monoisotopic (exact) mass is 366 g/mol. The number of para-hydroxylation sites is 2. The van der Waals surface area contributed by atoms with Crippen LogP contribution in [0.15, 0.2) is 53.1 Å². The number of nitrogens with zero attached hydrogens (tertiary/aromatic N) is 4. The summed E-state index contributed by atoms with van der Waals surface area (Å²) in [4.78, 5) is 9.17. The zero-order chi connectivity index (χ0) is 18.8. The highest BCUT2D eigenvalue weighted by Crippen LogP contribution is 2.34. The fourth-order valence-electron chi connectivity index (χ4n) is 3.52. The molecule has 4 rings (SSSR count). The van der Waals surface area contributed by atoms with Crippen molar-refractivity contribution in [3.63, 3.8) is 0 Å². The van der Waals surface area contributed by atoms with Crippen LogP contribution in [0.25, 0.3) is 0 Å². The van der Waals surface area contributed by atoms with Gasteiger partial charge in [0.25, 0.3) is 0 Å². The van der Waals surface area contributed by atoms with Crippen molar-refractivity contribution < 1.29 is 8.91 Å². The summed E-state index contributed by atoms with van der Waals surface area (Å²) in [5, 5.41) is 4.10. The van der Waals surface area contributed by atoms with Gasteiger partial charge in [0.1, 0.15) is 5.82 Å². The first kappa shape index (κ1) is 17.5. The largest absolute Gasteiger partial charge is 0.373 e. The Morgan fingerprint density at radius 2 is 1.85 bits per heavy atom. The molecule has 3 aromatic rings. The van der Waals surface area contributed by atoms with Crippen LogP contribution in [0.2, 0.25) is 0 Å². The summed E-state index contributed by atoms with van der Waals surface area (Å²) in [5.74, 6) is 0.967. The third-order valence-electron chi connectivity index (χ3n) is 5.11. The maximum absolute atomic E-state index is 13.0. The number of rotatable bonds is 4. The lowest BCUT2D eigenvalue weighted by Crippen LogP contribution is -2.32. The zero-order valence-electron chi connectivity index (χ0n) is 15.6. The van der Waals surface area contributed by atoms with Crippen molar-refractivity contribution >= 4 is 11.4 Å². The minimum atomic E-state index is -0.244. The molecular formula is C21H23FN4O. The number of hydrogen-bond donors (Lipinski definition) is 0. The Labute approximate surface area is 158 Å². The molecule has 1 aliphatic heterocycles. The average Bonchev–Trinajstić information content (AvgIpc) is 3.08. The maximum Gasteiger partial charge on any atom is 0.246 e. The van der Waals surface area contributed by atoms with Gasteiger partial charge in [-0.1, -0.05) is 29.4 Å². The summed E-state index contributed by atoms with van der Waals surface area (Å²) in [6.07, 6.45) is 1.58. The molecule has 0 unspecified atom stereocenters. The van der Waals surface area contributed by atoms with E-state index in [0.29, 0.717) is 30.7 Å².